The van der Waals surface area contributed by atoms with E-state index in [1.54, 1.807) is 0 Å². The zero-order valence-corrected chi connectivity index (χ0v) is 13.4. The van der Waals surface area contributed by atoms with E-state index >= 15 is 0 Å². The second-order valence-corrected chi connectivity index (χ2v) is 6.71. The predicted octanol–water partition coefficient (Wildman–Crippen LogP) is 4.36. The van der Waals surface area contributed by atoms with Crippen LogP contribution in [0.2, 0.25) is 0 Å². The number of benzene rings is 2. The maximum absolute atomic E-state index is 6.33. The molecule has 1 aliphatic rings. The van der Waals surface area contributed by atoms with Crippen molar-refractivity contribution >= 4 is 5.69 Å². The maximum Gasteiger partial charge on any atom is 0.125 e. The highest BCUT2D eigenvalue weighted by atomic mass is 16.5. The summed E-state index contributed by atoms with van der Waals surface area (Å²) in [6.45, 7) is 10.7. The first kappa shape index (κ1) is 14.0. The van der Waals surface area contributed by atoms with Crippen molar-refractivity contribution in [3.63, 3.8) is 0 Å². The molecule has 2 aromatic carbocycles. The molecule has 2 nitrogen and oxygen atoms in total. The van der Waals surface area contributed by atoms with Crippen LogP contribution in [0.4, 0.5) is 5.69 Å². The van der Waals surface area contributed by atoms with Crippen molar-refractivity contribution in [2.45, 2.75) is 45.6 Å². The number of nitrogens with two attached hydrogens (primary N) is 1. The summed E-state index contributed by atoms with van der Waals surface area (Å²) >= 11 is 0. The lowest BCUT2D eigenvalue weighted by Crippen LogP contribution is -2.45. The van der Waals surface area contributed by atoms with E-state index in [9.17, 15) is 0 Å². The van der Waals surface area contributed by atoms with Gasteiger partial charge in [-0.25, -0.2) is 0 Å². The van der Waals surface area contributed by atoms with Gasteiger partial charge in [-0.3, -0.25) is 0 Å². The first-order chi connectivity index (χ1) is 9.79. The average molecular weight is 281 g/mol. The molecule has 0 bridgehead atoms. The van der Waals surface area contributed by atoms with Crippen LogP contribution in [0.25, 0.3) is 0 Å². The van der Waals surface area contributed by atoms with Gasteiger partial charge in [-0.05, 0) is 57.4 Å². The molecule has 2 aromatic rings. The third kappa shape index (κ3) is 1.71. The molecule has 110 valence electrons. The van der Waals surface area contributed by atoms with E-state index in [4.69, 9.17) is 10.5 Å². The maximum atomic E-state index is 6.33. The minimum atomic E-state index is -0.318. The van der Waals surface area contributed by atoms with Gasteiger partial charge >= 0.3 is 0 Å². The summed E-state index contributed by atoms with van der Waals surface area (Å²) in [6, 6.07) is 12.6. The Morgan fingerprint density at radius 2 is 1.62 bits per heavy atom. The van der Waals surface area contributed by atoms with Crippen molar-refractivity contribution in [1.29, 1.82) is 0 Å². The summed E-state index contributed by atoms with van der Waals surface area (Å²) in [4.78, 5) is 0. The highest BCUT2D eigenvalue weighted by Gasteiger charge is 2.53. The minimum Gasteiger partial charge on any atom is -0.486 e. The number of anilines is 1. The Bertz CT molecular complexity index is 703. The third-order valence-electron chi connectivity index (χ3n) is 5.22. The molecule has 1 heterocycles. The first-order valence-electron chi connectivity index (χ1n) is 7.43. The van der Waals surface area contributed by atoms with Crippen LogP contribution in [0.1, 0.15) is 43.0 Å². The molecule has 1 aliphatic heterocycles. The zero-order chi connectivity index (χ0) is 15.4. The molecule has 1 atom stereocenters. The summed E-state index contributed by atoms with van der Waals surface area (Å²) in [5, 5.41) is 0. The van der Waals surface area contributed by atoms with Crippen LogP contribution >= 0.6 is 0 Å². The molecule has 0 radical (unpaired) electrons. The molecule has 0 saturated heterocycles. The normalized spacial score (nSPS) is 22.7. The fraction of sp³-hybridized carbons (Fsp3) is 0.368. The van der Waals surface area contributed by atoms with Crippen LogP contribution in [-0.2, 0) is 5.41 Å². The van der Waals surface area contributed by atoms with Gasteiger partial charge in [-0.2, -0.15) is 0 Å². The fourth-order valence-corrected chi connectivity index (χ4v) is 3.61. The number of hydrogen-bond acceptors (Lipinski definition) is 2. The van der Waals surface area contributed by atoms with Gasteiger partial charge in [0.1, 0.15) is 11.4 Å². The molecular formula is C19H23NO. The molecule has 0 saturated carbocycles. The summed E-state index contributed by atoms with van der Waals surface area (Å²) in [5.41, 5.74) is 11.3. The van der Waals surface area contributed by atoms with Crippen LogP contribution in [0.15, 0.2) is 36.4 Å². The molecule has 1 unspecified atom stereocenters. The lowest BCUT2D eigenvalue weighted by molar-refractivity contribution is 0.0811. The summed E-state index contributed by atoms with van der Waals surface area (Å²) in [7, 11) is 0. The van der Waals surface area contributed by atoms with E-state index in [1.165, 1.54) is 11.1 Å². The lowest BCUT2D eigenvalue weighted by Gasteiger charge is -2.38. The lowest BCUT2D eigenvalue weighted by atomic mass is 9.66. The monoisotopic (exact) mass is 281 g/mol. The zero-order valence-electron chi connectivity index (χ0n) is 13.4. The van der Waals surface area contributed by atoms with Gasteiger partial charge in [0.05, 0.1) is 5.41 Å². The molecule has 21 heavy (non-hydrogen) atoms. The largest absolute Gasteiger partial charge is 0.486 e. The van der Waals surface area contributed by atoms with Gasteiger partial charge in [0.2, 0.25) is 0 Å². The van der Waals surface area contributed by atoms with Crippen molar-refractivity contribution in [3.8, 4) is 5.75 Å². The van der Waals surface area contributed by atoms with Gasteiger partial charge in [-0.1, -0.05) is 30.3 Å². The summed E-state index contributed by atoms with van der Waals surface area (Å²) < 4.78 is 6.33. The van der Waals surface area contributed by atoms with Gasteiger partial charge in [0.15, 0.2) is 0 Å². The Kier molecular flexibility index (Phi) is 2.84. The molecule has 2 heteroatoms. The minimum absolute atomic E-state index is 0.213. The van der Waals surface area contributed by atoms with Crippen LogP contribution in [-0.4, -0.2) is 5.60 Å². The number of hydrogen-bond donors (Lipinski definition) is 1. The van der Waals surface area contributed by atoms with E-state index < -0.39 is 0 Å². The van der Waals surface area contributed by atoms with Gasteiger partial charge in [0, 0.05) is 11.3 Å². The average Bonchev–Trinajstić information content (AvgIpc) is 2.65. The van der Waals surface area contributed by atoms with E-state index in [0.29, 0.717) is 0 Å². The van der Waals surface area contributed by atoms with Crippen molar-refractivity contribution in [3.05, 3.63) is 58.7 Å². The van der Waals surface area contributed by atoms with Crippen LogP contribution in [0.5, 0.6) is 5.75 Å². The van der Waals surface area contributed by atoms with Crippen LogP contribution in [0.3, 0.4) is 0 Å². The molecule has 0 aromatic heterocycles. The van der Waals surface area contributed by atoms with Crippen molar-refractivity contribution in [2.75, 3.05) is 5.73 Å². The predicted molar refractivity (Wildman–Crippen MR) is 87.9 cm³/mol. The Labute approximate surface area is 126 Å². The quantitative estimate of drug-likeness (QED) is 0.788. The molecule has 0 fully saturated rings. The van der Waals surface area contributed by atoms with E-state index in [2.05, 4.69) is 58.0 Å². The molecule has 0 spiro atoms. The Morgan fingerprint density at radius 3 is 2.24 bits per heavy atom. The number of aryl methyl sites for hydroxylation is 1. The highest BCUT2D eigenvalue weighted by molar-refractivity contribution is 5.67. The second kappa shape index (κ2) is 4.27. The van der Waals surface area contributed by atoms with Gasteiger partial charge < -0.3 is 10.5 Å². The molecular weight excluding hydrogens is 258 g/mol. The summed E-state index contributed by atoms with van der Waals surface area (Å²) in [6.07, 6.45) is 0. The first-order valence-corrected chi connectivity index (χ1v) is 7.43. The second-order valence-electron chi connectivity index (χ2n) is 6.71. The molecule has 3 rings (SSSR count). The SMILES string of the molecule is Cc1cc2c(c(C)c1N)C(C)(c1ccccc1)C(C)(C)O2. The Hall–Kier alpha value is -1.96. The van der Waals surface area contributed by atoms with Crippen LogP contribution < -0.4 is 10.5 Å². The molecule has 2 N–H and O–H groups in total. The number of nitrogen functional groups attached to an aromatic ring is 1. The number of fused-ring (bicyclic) bond motifs is 1. The Balaban J connectivity index is 2.36. The van der Waals surface area contributed by atoms with E-state index in [-0.39, 0.29) is 11.0 Å². The third-order valence-corrected chi connectivity index (χ3v) is 5.22. The van der Waals surface area contributed by atoms with Crippen molar-refractivity contribution in [1.82, 2.24) is 0 Å². The van der Waals surface area contributed by atoms with Crippen LogP contribution in [0, 0.1) is 13.8 Å². The standard InChI is InChI=1S/C19H23NO/c1-12-11-15-16(13(2)17(12)20)19(5,18(3,4)21-15)14-9-7-6-8-10-14/h6-11H,20H2,1-5H3. The van der Waals surface area contributed by atoms with E-state index in [1.807, 2.05) is 13.0 Å². The van der Waals surface area contributed by atoms with E-state index in [0.717, 1.165) is 22.6 Å². The van der Waals surface area contributed by atoms with Gasteiger partial charge in [-0.15, -0.1) is 0 Å². The molecule has 0 amide bonds. The number of rotatable bonds is 1. The topological polar surface area (TPSA) is 35.2 Å². The fourth-order valence-electron chi connectivity index (χ4n) is 3.61. The van der Waals surface area contributed by atoms with Crippen molar-refractivity contribution < 1.29 is 4.74 Å². The smallest absolute Gasteiger partial charge is 0.125 e. The van der Waals surface area contributed by atoms with Crippen molar-refractivity contribution in [2.24, 2.45) is 0 Å². The molecule has 0 aliphatic carbocycles. The van der Waals surface area contributed by atoms with Gasteiger partial charge in [0.25, 0.3) is 0 Å². The highest BCUT2D eigenvalue weighted by Crippen LogP contribution is 2.55. The number of ether oxygens (including phenoxy) is 1. The Morgan fingerprint density at radius 1 is 1.00 bits per heavy atom. The summed E-state index contributed by atoms with van der Waals surface area (Å²) in [5.74, 6) is 0.968.